The minimum absolute atomic E-state index is 0.538. The molecule has 0 radical (unpaired) electrons. The van der Waals surface area contributed by atoms with Crippen LogP contribution in [-0.2, 0) is 14.3 Å². The first kappa shape index (κ1) is 13.0. The third-order valence-corrected chi connectivity index (χ3v) is 2.29. The molecular formula is C12H15NO4. The molecule has 1 aromatic carbocycles. The Morgan fingerprint density at radius 1 is 1.12 bits per heavy atom. The predicted octanol–water partition coefficient (Wildman–Crippen LogP) is 1.42. The Balaban J connectivity index is 2.94. The number of carbonyl (C=O) groups excluding carboxylic acids is 2. The zero-order valence-electron chi connectivity index (χ0n) is 10.3. The van der Waals surface area contributed by atoms with Gasteiger partial charge in [0.2, 0.25) is 0 Å². The summed E-state index contributed by atoms with van der Waals surface area (Å²) in [5.41, 5.74) is 2.30. The van der Waals surface area contributed by atoms with Crippen LogP contribution in [0.5, 0.6) is 5.75 Å². The summed E-state index contributed by atoms with van der Waals surface area (Å²) >= 11 is 0. The van der Waals surface area contributed by atoms with Crippen LogP contribution in [0.3, 0.4) is 0 Å². The van der Waals surface area contributed by atoms with E-state index in [4.69, 9.17) is 4.74 Å². The Bertz CT molecular complexity index is 431. The van der Waals surface area contributed by atoms with Crippen LogP contribution in [0.4, 0.5) is 5.69 Å². The van der Waals surface area contributed by atoms with Crippen molar-refractivity contribution in [3.05, 3.63) is 23.3 Å². The minimum Gasteiger partial charge on any atom is -0.496 e. The molecule has 1 N–H and O–H groups in total. The molecule has 0 aliphatic heterocycles. The average molecular weight is 237 g/mol. The minimum atomic E-state index is -0.920. The van der Waals surface area contributed by atoms with Crippen molar-refractivity contribution in [1.82, 2.24) is 0 Å². The number of anilines is 1. The number of carbonyl (C=O) groups is 2. The molecule has 5 nitrogen and oxygen atoms in total. The average Bonchev–Trinajstić information content (AvgIpc) is 2.27. The summed E-state index contributed by atoms with van der Waals surface area (Å²) in [6.45, 7) is 3.72. The van der Waals surface area contributed by atoms with Crippen LogP contribution in [0.2, 0.25) is 0 Å². The van der Waals surface area contributed by atoms with Crippen LogP contribution in [0.25, 0.3) is 0 Å². The highest BCUT2D eigenvalue weighted by Crippen LogP contribution is 2.26. The third kappa shape index (κ3) is 2.96. The molecule has 0 saturated heterocycles. The maximum atomic E-state index is 11.3. The lowest BCUT2D eigenvalue weighted by atomic mass is 10.1. The zero-order chi connectivity index (χ0) is 13.0. The van der Waals surface area contributed by atoms with Crippen molar-refractivity contribution >= 4 is 17.6 Å². The standard InChI is InChI=1S/C12H15NO4/c1-7-5-9(6-8(2)10(7)16-3)13-11(14)12(15)17-4/h5-6H,1-4H3,(H,13,14). The van der Waals surface area contributed by atoms with E-state index in [0.29, 0.717) is 5.69 Å². The molecular weight excluding hydrogens is 222 g/mol. The maximum absolute atomic E-state index is 11.3. The number of rotatable bonds is 2. The number of esters is 1. The zero-order valence-corrected chi connectivity index (χ0v) is 10.3. The van der Waals surface area contributed by atoms with Gasteiger partial charge >= 0.3 is 11.9 Å². The molecule has 5 heteroatoms. The van der Waals surface area contributed by atoms with Gasteiger partial charge in [-0.2, -0.15) is 0 Å². The molecule has 1 rings (SSSR count). The molecule has 0 heterocycles. The van der Waals surface area contributed by atoms with Crippen molar-refractivity contribution < 1.29 is 19.1 Å². The number of amides is 1. The van der Waals surface area contributed by atoms with Gasteiger partial charge in [-0.15, -0.1) is 0 Å². The van der Waals surface area contributed by atoms with Gasteiger partial charge < -0.3 is 14.8 Å². The molecule has 0 spiro atoms. The van der Waals surface area contributed by atoms with E-state index in [1.807, 2.05) is 13.8 Å². The van der Waals surface area contributed by atoms with Gasteiger partial charge in [0.15, 0.2) is 0 Å². The number of hydrogen-bond acceptors (Lipinski definition) is 4. The summed E-state index contributed by atoms with van der Waals surface area (Å²) in [4.78, 5) is 22.3. The van der Waals surface area contributed by atoms with E-state index in [0.717, 1.165) is 24.0 Å². The topological polar surface area (TPSA) is 64.6 Å². The largest absolute Gasteiger partial charge is 0.496 e. The number of ether oxygens (including phenoxy) is 2. The SMILES string of the molecule is COC(=O)C(=O)Nc1cc(C)c(OC)c(C)c1. The molecule has 0 aromatic heterocycles. The number of methoxy groups -OCH3 is 2. The fourth-order valence-electron chi connectivity index (χ4n) is 1.62. The van der Waals surface area contributed by atoms with Gasteiger partial charge in [-0.3, -0.25) is 4.79 Å². The lowest BCUT2D eigenvalue weighted by Gasteiger charge is -2.11. The number of benzene rings is 1. The summed E-state index contributed by atoms with van der Waals surface area (Å²) < 4.78 is 9.51. The Hall–Kier alpha value is -2.04. The monoisotopic (exact) mass is 237 g/mol. The predicted molar refractivity (Wildman–Crippen MR) is 63.1 cm³/mol. The second-order valence-corrected chi connectivity index (χ2v) is 3.59. The van der Waals surface area contributed by atoms with Gasteiger partial charge in [0, 0.05) is 5.69 Å². The molecule has 0 saturated carbocycles. The second kappa shape index (κ2) is 5.34. The first-order valence-corrected chi connectivity index (χ1v) is 5.04. The molecule has 0 aliphatic carbocycles. The summed E-state index contributed by atoms with van der Waals surface area (Å²) in [5, 5.41) is 2.46. The van der Waals surface area contributed by atoms with E-state index in [-0.39, 0.29) is 0 Å². The molecule has 1 aromatic rings. The lowest BCUT2D eigenvalue weighted by molar-refractivity contribution is -0.150. The Morgan fingerprint density at radius 2 is 1.65 bits per heavy atom. The van der Waals surface area contributed by atoms with Crippen molar-refractivity contribution in [2.45, 2.75) is 13.8 Å². The number of hydrogen-bond donors (Lipinski definition) is 1. The Labute approximate surface area is 99.7 Å². The highest BCUT2D eigenvalue weighted by atomic mass is 16.5. The van der Waals surface area contributed by atoms with Crippen molar-refractivity contribution in [3.63, 3.8) is 0 Å². The van der Waals surface area contributed by atoms with Gasteiger partial charge in [0.1, 0.15) is 5.75 Å². The van der Waals surface area contributed by atoms with E-state index in [9.17, 15) is 9.59 Å². The van der Waals surface area contributed by atoms with Crippen molar-refractivity contribution in [1.29, 1.82) is 0 Å². The van der Waals surface area contributed by atoms with Crippen LogP contribution in [0.1, 0.15) is 11.1 Å². The molecule has 17 heavy (non-hydrogen) atoms. The lowest BCUT2D eigenvalue weighted by Crippen LogP contribution is -2.23. The maximum Gasteiger partial charge on any atom is 0.396 e. The number of nitrogens with one attached hydrogen (secondary N) is 1. The highest BCUT2D eigenvalue weighted by molar-refractivity contribution is 6.37. The first-order valence-electron chi connectivity index (χ1n) is 5.04. The van der Waals surface area contributed by atoms with E-state index in [2.05, 4.69) is 10.1 Å². The molecule has 0 atom stereocenters. The highest BCUT2D eigenvalue weighted by Gasteiger charge is 2.14. The van der Waals surface area contributed by atoms with Crippen molar-refractivity contribution in [2.24, 2.45) is 0 Å². The van der Waals surface area contributed by atoms with Gasteiger partial charge in [-0.25, -0.2) is 4.79 Å². The summed E-state index contributed by atoms with van der Waals surface area (Å²) in [5.74, 6) is -0.950. The van der Waals surface area contributed by atoms with E-state index < -0.39 is 11.9 Å². The molecule has 92 valence electrons. The van der Waals surface area contributed by atoms with Crippen LogP contribution in [0, 0.1) is 13.8 Å². The van der Waals surface area contributed by atoms with E-state index in [1.165, 1.54) is 0 Å². The fourth-order valence-corrected chi connectivity index (χ4v) is 1.62. The molecule has 0 unspecified atom stereocenters. The number of aryl methyl sites for hydroxylation is 2. The smallest absolute Gasteiger partial charge is 0.396 e. The van der Waals surface area contributed by atoms with Gasteiger partial charge in [-0.1, -0.05) is 0 Å². The molecule has 0 aliphatic rings. The van der Waals surface area contributed by atoms with Crippen LogP contribution in [-0.4, -0.2) is 26.1 Å². The van der Waals surface area contributed by atoms with E-state index in [1.54, 1.807) is 19.2 Å². The Kier molecular flexibility index (Phi) is 4.09. The van der Waals surface area contributed by atoms with Crippen LogP contribution in [0.15, 0.2) is 12.1 Å². The van der Waals surface area contributed by atoms with Crippen molar-refractivity contribution in [2.75, 3.05) is 19.5 Å². The third-order valence-electron chi connectivity index (χ3n) is 2.29. The van der Waals surface area contributed by atoms with Crippen molar-refractivity contribution in [3.8, 4) is 5.75 Å². The fraction of sp³-hybridized carbons (Fsp3) is 0.333. The summed E-state index contributed by atoms with van der Waals surface area (Å²) in [6.07, 6.45) is 0. The second-order valence-electron chi connectivity index (χ2n) is 3.59. The summed E-state index contributed by atoms with van der Waals surface area (Å²) in [6, 6.07) is 3.46. The van der Waals surface area contributed by atoms with Crippen LogP contribution >= 0.6 is 0 Å². The summed E-state index contributed by atoms with van der Waals surface area (Å²) in [7, 11) is 2.74. The normalized spacial score (nSPS) is 9.65. The first-order chi connectivity index (χ1) is 7.99. The molecule has 0 fully saturated rings. The van der Waals surface area contributed by atoms with Gasteiger partial charge in [-0.05, 0) is 37.1 Å². The van der Waals surface area contributed by atoms with Gasteiger partial charge in [0.25, 0.3) is 0 Å². The van der Waals surface area contributed by atoms with Crippen LogP contribution < -0.4 is 10.1 Å². The van der Waals surface area contributed by atoms with E-state index >= 15 is 0 Å². The Morgan fingerprint density at radius 3 is 2.06 bits per heavy atom. The van der Waals surface area contributed by atoms with Gasteiger partial charge in [0.05, 0.1) is 14.2 Å². The molecule has 1 amide bonds. The molecule has 0 bridgehead atoms. The quantitative estimate of drug-likeness (QED) is 0.624.